The second kappa shape index (κ2) is 5.75. The highest BCUT2D eigenvalue weighted by atomic mass is 35.5. The molecule has 0 unspecified atom stereocenters. The van der Waals surface area contributed by atoms with Crippen LogP contribution in [0.3, 0.4) is 0 Å². The molecule has 0 atom stereocenters. The van der Waals surface area contributed by atoms with Gasteiger partial charge in [-0.05, 0) is 23.8 Å². The van der Waals surface area contributed by atoms with E-state index >= 15 is 0 Å². The molecule has 1 N–H and O–H groups in total. The maximum absolute atomic E-state index is 13.0. The van der Waals surface area contributed by atoms with Gasteiger partial charge in [0.15, 0.2) is 5.82 Å². The van der Waals surface area contributed by atoms with Crippen molar-refractivity contribution in [2.45, 2.75) is 13.0 Å². The monoisotopic (exact) mass is 255 g/mol. The van der Waals surface area contributed by atoms with E-state index in [9.17, 15) is 4.39 Å². The maximum Gasteiger partial charge on any atom is 0.213 e. The molecule has 0 aliphatic rings. The zero-order valence-electron chi connectivity index (χ0n) is 8.99. The smallest absolute Gasteiger partial charge is 0.213 e. The van der Waals surface area contributed by atoms with E-state index in [1.54, 1.807) is 6.07 Å². The second-order valence-electron chi connectivity index (χ2n) is 3.51. The Labute approximate surface area is 103 Å². The van der Waals surface area contributed by atoms with Gasteiger partial charge in [0.05, 0.1) is 0 Å². The predicted molar refractivity (Wildman–Crippen MR) is 61.1 cm³/mol. The topological polar surface area (TPSA) is 51.0 Å². The molecule has 0 bridgehead atoms. The summed E-state index contributed by atoms with van der Waals surface area (Å²) in [5.41, 5.74) is 0.736. The molecule has 0 amide bonds. The van der Waals surface area contributed by atoms with Crippen LogP contribution < -0.4 is 5.32 Å². The number of aromatic nitrogens is 2. The molecule has 4 nitrogen and oxygen atoms in total. The Morgan fingerprint density at radius 3 is 3.06 bits per heavy atom. The number of rotatable bonds is 5. The fourth-order valence-electron chi connectivity index (χ4n) is 1.40. The SMILES string of the molecule is Fc1ccc(Cl)c(CNCCc2ncon2)c1. The summed E-state index contributed by atoms with van der Waals surface area (Å²) >= 11 is 5.93. The van der Waals surface area contributed by atoms with Crippen LogP contribution in [0.1, 0.15) is 11.4 Å². The molecule has 1 aromatic heterocycles. The van der Waals surface area contributed by atoms with Gasteiger partial charge in [-0.3, -0.25) is 0 Å². The summed E-state index contributed by atoms with van der Waals surface area (Å²) in [5.74, 6) is 0.354. The molecule has 0 spiro atoms. The van der Waals surface area contributed by atoms with Gasteiger partial charge in [-0.25, -0.2) is 4.39 Å². The number of benzene rings is 1. The fourth-order valence-corrected chi connectivity index (χ4v) is 1.59. The molecule has 2 rings (SSSR count). The van der Waals surface area contributed by atoms with Crippen LogP contribution in [-0.4, -0.2) is 16.7 Å². The van der Waals surface area contributed by atoms with Gasteiger partial charge in [0.25, 0.3) is 0 Å². The number of nitrogens with one attached hydrogen (secondary N) is 1. The maximum atomic E-state index is 13.0. The lowest BCUT2D eigenvalue weighted by Gasteiger charge is -2.05. The number of halogens is 2. The molecular formula is C11H11ClFN3O. The molecule has 90 valence electrons. The van der Waals surface area contributed by atoms with Gasteiger partial charge >= 0.3 is 0 Å². The summed E-state index contributed by atoms with van der Waals surface area (Å²) < 4.78 is 17.6. The summed E-state index contributed by atoms with van der Waals surface area (Å²) in [5, 5.41) is 7.37. The lowest BCUT2D eigenvalue weighted by molar-refractivity contribution is 0.409. The van der Waals surface area contributed by atoms with Crippen LogP contribution in [0.15, 0.2) is 29.1 Å². The highest BCUT2D eigenvalue weighted by Crippen LogP contribution is 2.16. The Morgan fingerprint density at radius 2 is 2.29 bits per heavy atom. The molecule has 0 fully saturated rings. The molecule has 2 aromatic rings. The average Bonchev–Trinajstić information content (AvgIpc) is 2.82. The third kappa shape index (κ3) is 3.51. The molecule has 1 heterocycles. The summed E-state index contributed by atoms with van der Waals surface area (Å²) in [4.78, 5) is 3.89. The van der Waals surface area contributed by atoms with Gasteiger partial charge in [-0.15, -0.1) is 0 Å². The minimum atomic E-state index is -0.288. The van der Waals surface area contributed by atoms with Gasteiger partial charge in [0, 0.05) is 24.5 Å². The first-order valence-corrected chi connectivity index (χ1v) is 5.53. The molecule has 0 radical (unpaired) electrons. The molecule has 17 heavy (non-hydrogen) atoms. The van der Waals surface area contributed by atoms with Crippen LogP contribution in [0.2, 0.25) is 5.02 Å². The van der Waals surface area contributed by atoms with Crippen LogP contribution in [0.4, 0.5) is 4.39 Å². The molecule has 0 saturated heterocycles. The Hall–Kier alpha value is -1.46. The number of nitrogens with zero attached hydrogens (tertiary/aromatic N) is 2. The third-order valence-electron chi connectivity index (χ3n) is 2.26. The average molecular weight is 256 g/mol. The Kier molecular flexibility index (Phi) is 4.06. The standard InChI is InChI=1S/C11H11ClFN3O/c12-10-2-1-9(13)5-8(10)6-14-4-3-11-15-7-17-16-11/h1-2,5,7,14H,3-4,6H2. The zero-order chi connectivity index (χ0) is 12.1. The van der Waals surface area contributed by atoms with Crippen LogP contribution in [0, 0.1) is 5.82 Å². The predicted octanol–water partition coefficient (Wildman–Crippen LogP) is 2.19. The van der Waals surface area contributed by atoms with Crippen molar-refractivity contribution < 1.29 is 8.91 Å². The second-order valence-corrected chi connectivity index (χ2v) is 3.92. The van der Waals surface area contributed by atoms with Crippen molar-refractivity contribution in [1.82, 2.24) is 15.5 Å². The van der Waals surface area contributed by atoms with Gasteiger partial charge < -0.3 is 9.84 Å². The van der Waals surface area contributed by atoms with Crippen molar-refractivity contribution in [3.8, 4) is 0 Å². The van der Waals surface area contributed by atoms with Crippen molar-refractivity contribution in [3.05, 3.63) is 46.8 Å². The van der Waals surface area contributed by atoms with E-state index in [4.69, 9.17) is 11.6 Å². The van der Waals surface area contributed by atoms with Crippen molar-refractivity contribution >= 4 is 11.6 Å². The summed E-state index contributed by atoms with van der Waals surface area (Å²) in [6, 6.07) is 4.31. The van der Waals surface area contributed by atoms with Crippen LogP contribution >= 0.6 is 11.6 Å². The van der Waals surface area contributed by atoms with E-state index < -0.39 is 0 Å². The van der Waals surface area contributed by atoms with Gasteiger partial charge in [0.2, 0.25) is 6.39 Å². The fraction of sp³-hybridized carbons (Fsp3) is 0.273. The van der Waals surface area contributed by atoms with Crippen LogP contribution in [0.25, 0.3) is 0 Å². The van der Waals surface area contributed by atoms with Gasteiger partial charge in [0.1, 0.15) is 5.82 Å². The third-order valence-corrected chi connectivity index (χ3v) is 2.62. The minimum Gasteiger partial charge on any atom is -0.343 e. The van der Waals surface area contributed by atoms with E-state index in [2.05, 4.69) is 20.0 Å². The largest absolute Gasteiger partial charge is 0.343 e. The highest BCUT2D eigenvalue weighted by Gasteiger charge is 2.02. The molecule has 0 aliphatic carbocycles. The van der Waals surface area contributed by atoms with E-state index in [0.29, 0.717) is 30.4 Å². The number of hydrogen-bond acceptors (Lipinski definition) is 4. The van der Waals surface area contributed by atoms with Gasteiger partial charge in [-0.1, -0.05) is 16.8 Å². The van der Waals surface area contributed by atoms with Crippen LogP contribution in [0.5, 0.6) is 0 Å². The molecule has 6 heteroatoms. The summed E-state index contributed by atoms with van der Waals surface area (Å²) in [6.45, 7) is 1.18. The quantitative estimate of drug-likeness (QED) is 0.832. The first-order valence-electron chi connectivity index (χ1n) is 5.15. The Balaban J connectivity index is 1.80. The molecule has 1 aromatic carbocycles. The Morgan fingerprint density at radius 1 is 1.41 bits per heavy atom. The van der Waals surface area contributed by atoms with E-state index in [1.165, 1.54) is 18.5 Å². The normalized spacial score (nSPS) is 10.7. The summed E-state index contributed by atoms with van der Waals surface area (Å²) in [6.07, 6.45) is 1.95. The molecule has 0 aliphatic heterocycles. The lowest BCUT2D eigenvalue weighted by Crippen LogP contribution is -2.17. The van der Waals surface area contributed by atoms with Crippen LogP contribution in [-0.2, 0) is 13.0 Å². The van der Waals surface area contributed by atoms with Crippen molar-refractivity contribution in [2.24, 2.45) is 0 Å². The van der Waals surface area contributed by atoms with Crippen molar-refractivity contribution in [2.75, 3.05) is 6.54 Å². The van der Waals surface area contributed by atoms with E-state index in [1.807, 2.05) is 0 Å². The molecule has 0 saturated carbocycles. The summed E-state index contributed by atoms with van der Waals surface area (Å²) in [7, 11) is 0. The van der Waals surface area contributed by atoms with Crippen molar-refractivity contribution in [1.29, 1.82) is 0 Å². The Bertz CT molecular complexity index is 476. The van der Waals surface area contributed by atoms with Crippen molar-refractivity contribution in [3.63, 3.8) is 0 Å². The minimum absolute atomic E-state index is 0.288. The first kappa shape index (κ1) is 12.0. The first-order chi connectivity index (χ1) is 8.25. The van der Waals surface area contributed by atoms with Gasteiger partial charge in [-0.2, -0.15) is 4.98 Å². The highest BCUT2D eigenvalue weighted by molar-refractivity contribution is 6.31. The van der Waals surface area contributed by atoms with E-state index in [0.717, 1.165) is 5.56 Å². The lowest BCUT2D eigenvalue weighted by atomic mass is 10.2. The molecular weight excluding hydrogens is 245 g/mol. The zero-order valence-corrected chi connectivity index (χ0v) is 9.75. The van der Waals surface area contributed by atoms with E-state index in [-0.39, 0.29) is 5.82 Å². The number of hydrogen-bond donors (Lipinski definition) is 1.